The Kier molecular flexibility index (Phi) is 3.73. The summed E-state index contributed by atoms with van der Waals surface area (Å²) < 4.78 is 29.3. The topological polar surface area (TPSA) is 40.6 Å². The Bertz CT molecular complexity index is 585. The van der Waals surface area contributed by atoms with Gasteiger partial charge in [0.1, 0.15) is 0 Å². The average Bonchev–Trinajstić information content (AvgIpc) is 2.92. The van der Waals surface area contributed by atoms with Gasteiger partial charge in [-0.1, -0.05) is 31.5 Å². The van der Waals surface area contributed by atoms with E-state index in [4.69, 9.17) is 0 Å². The number of rotatable bonds is 3. The molecule has 1 fully saturated rings. The second-order valence-electron chi connectivity index (χ2n) is 5.63. The molecule has 0 saturated carbocycles. The van der Waals surface area contributed by atoms with Crippen LogP contribution in [0.1, 0.15) is 38.2 Å². The van der Waals surface area contributed by atoms with Gasteiger partial charge < -0.3 is 0 Å². The second kappa shape index (κ2) is 5.37. The summed E-state index contributed by atoms with van der Waals surface area (Å²) in [6, 6.07) is 8.01. The smallest absolute Gasteiger partial charge is 0.257 e. The van der Waals surface area contributed by atoms with Crippen molar-refractivity contribution in [1.82, 2.24) is 4.31 Å². The van der Waals surface area contributed by atoms with Crippen molar-refractivity contribution in [2.45, 2.75) is 45.1 Å². The average molecular weight is 294 g/mol. The molecule has 0 spiro atoms. The summed E-state index contributed by atoms with van der Waals surface area (Å²) in [5.74, 6) is 0. The number of para-hydroxylation sites is 1. The van der Waals surface area contributed by atoms with Gasteiger partial charge in [0.05, 0.1) is 5.69 Å². The molecule has 0 amide bonds. The van der Waals surface area contributed by atoms with Crippen molar-refractivity contribution in [3.8, 4) is 0 Å². The number of benzene rings is 1. The fourth-order valence-corrected chi connectivity index (χ4v) is 5.35. The maximum absolute atomic E-state index is 13.0. The summed E-state index contributed by atoms with van der Waals surface area (Å²) >= 11 is 0. The molecule has 2 heterocycles. The molecule has 1 aromatic rings. The summed E-state index contributed by atoms with van der Waals surface area (Å²) in [7, 11) is -3.37. The first-order chi connectivity index (χ1) is 9.64. The first-order valence-electron chi connectivity index (χ1n) is 7.52. The Morgan fingerprint density at radius 1 is 1.20 bits per heavy atom. The van der Waals surface area contributed by atoms with E-state index >= 15 is 0 Å². The van der Waals surface area contributed by atoms with Crippen molar-refractivity contribution in [3.05, 3.63) is 29.8 Å². The molecule has 1 aromatic carbocycles. The standard InChI is InChI=1S/C15H22N2O2S/c1-2-14-8-5-6-11-16(14)20(18,19)17-12-10-13-7-3-4-9-15(13)17/h3-4,7,9,14H,2,5-6,8,10-12H2,1H3. The fraction of sp³-hybridized carbons (Fsp3) is 0.600. The Hall–Kier alpha value is -1.07. The molecule has 0 radical (unpaired) electrons. The Morgan fingerprint density at radius 2 is 2.00 bits per heavy atom. The highest BCUT2D eigenvalue weighted by Crippen LogP contribution is 2.33. The Balaban J connectivity index is 1.93. The van der Waals surface area contributed by atoms with Crippen molar-refractivity contribution in [1.29, 1.82) is 0 Å². The zero-order valence-corrected chi connectivity index (χ0v) is 12.8. The first kappa shape index (κ1) is 13.9. The van der Waals surface area contributed by atoms with Gasteiger partial charge in [-0.05, 0) is 37.3 Å². The molecular formula is C15H22N2O2S. The third-order valence-electron chi connectivity index (χ3n) is 4.46. The molecule has 5 heteroatoms. The van der Waals surface area contributed by atoms with Gasteiger partial charge in [-0.25, -0.2) is 0 Å². The van der Waals surface area contributed by atoms with Gasteiger partial charge in [-0.3, -0.25) is 4.31 Å². The fourth-order valence-electron chi connectivity index (χ4n) is 3.36. The van der Waals surface area contributed by atoms with E-state index in [2.05, 4.69) is 6.92 Å². The number of nitrogens with zero attached hydrogens (tertiary/aromatic N) is 2. The van der Waals surface area contributed by atoms with Gasteiger partial charge >= 0.3 is 10.2 Å². The van der Waals surface area contributed by atoms with Gasteiger partial charge in [0, 0.05) is 19.1 Å². The van der Waals surface area contributed by atoms with Gasteiger partial charge in [0.15, 0.2) is 0 Å². The van der Waals surface area contributed by atoms with Crippen LogP contribution in [0.15, 0.2) is 24.3 Å². The van der Waals surface area contributed by atoms with E-state index in [1.807, 2.05) is 24.3 Å². The van der Waals surface area contributed by atoms with Crippen molar-refractivity contribution in [3.63, 3.8) is 0 Å². The van der Waals surface area contributed by atoms with Crippen LogP contribution >= 0.6 is 0 Å². The summed E-state index contributed by atoms with van der Waals surface area (Å²) in [6.45, 7) is 3.32. The van der Waals surface area contributed by atoms with Crippen LogP contribution in [-0.4, -0.2) is 31.9 Å². The number of hydrogen-bond acceptors (Lipinski definition) is 2. The Morgan fingerprint density at radius 3 is 2.80 bits per heavy atom. The molecule has 2 aliphatic heterocycles. The van der Waals surface area contributed by atoms with E-state index in [0.717, 1.165) is 43.4 Å². The number of fused-ring (bicyclic) bond motifs is 1. The maximum Gasteiger partial charge on any atom is 0.304 e. The third kappa shape index (κ3) is 2.23. The Labute approximate surface area is 121 Å². The number of hydrogen-bond donors (Lipinski definition) is 0. The van der Waals surface area contributed by atoms with Crippen molar-refractivity contribution in [2.24, 2.45) is 0 Å². The largest absolute Gasteiger partial charge is 0.304 e. The van der Waals surface area contributed by atoms with Gasteiger partial charge in [-0.15, -0.1) is 0 Å². The predicted octanol–water partition coefficient (Wildman–Crippen LogP) is 2.56. The van der Waals surface area contributed by atoms with Gasteiger partial charge in [0.2, 0.25) is 0 Å². The lowest BCUT2D eigenvalue weighted by Gasteiger charge is -2.37. The minimum atomic E-state index is -3.37. The normalized spacial score (nSPS) is 23.9. The van der Waals surface area contributed by atoms with Crippen LogP contribution in [-0.2, 0) is 16.6 Å². The first-order valence-corrected chi connectivity index (χ1v) is 8.91. The molecule has 1 saturated heterocycles. The number of anilines is 1. The predicted molar refractivity (Wildman–Crippen MR) is 81.0 cm³/mol. The minimum Gasteiger partial charge on any atom is -0.257 e. The second-order valence-corrected chi connectivity index (χ2v) is 7.43. The molecule has 0 aliphatic carbocycles. The highest BCUT2D eigenvalue weighted by atomic mass is 32.2. The summed E-state index contributed by atoms with van der Waals surface area (Å²) in [4.78, 5) is 0. The summed E-state index contributed by atoms with van der Waals surface area (Å²) in [6.07, 6.45) is 4.83. The van der Waals surface area contributed by atoms with E-state index in [1.54, 1.807) is 8.61 Å². The zero-order chi connectivity index (χ0) is 14.2. The molecule has 4 nitrogen and oxygen atoms in total. The summed E-state index contributed by atoms with van der Waals surface area (Å²) in [5, 5.41) is 0. The number of piperidine rings is 1. The molecule has 0 bridgehead atoms. The van der Waals surface area contributed by atoms with Crippen LogP contribution in [0, 0.1) is 0 Å². The van der Waals surface area contributed by atoms with Crippen LogP contribution in [0.5, 0.6) is 0 Å². The zero-order valence-electron chi connectivity index (χ0n) is 12.0. The lowest BCUT2D eigenvalue weighted by molar-refractivity contribution is 0.246. The van der Waals surface area contributed by atoms with Gasteiger partial charge in [0.25, 0.3) is 0 Å². The van der Waals surface area contributed by atoms with E-state index < -0.39 is 10.2 Å². The van der Waals surface area contributed by atoms with Gasteiger partial charge in [-0.2, -0.15) is 12.7 Å². The summed E-state index contributed by atoms with van der Waals surface area (Å²) in [5.41, 5.74) is 2.01. The van der Waals surface area contributed by atoms with E-state index in [-0.39, 0.29) is 6.04 Å². The molecule has 2 aliphatic rings. The molecule has 3 rings (SSSR count). The molecule has 0 N–H and O–H groups in total. The molecule has 110 valence electrons. The quantitative estimate of drug-likeness (QED) is 0.859. The SMILES string of the molecule is CCC1CCCCN1S(=O)(=O)N1CCc2ccccc21. The van der Waals surface area contributed by atoms with Crippen molar-refractivity contribution >= 4 is 15.9 Å². The van der Waals surface area contributed by atoms with Crippen LogP contribution in [0.3, 0.4) is 0 Å². The molecular weight excluding hydrogens is 272 g/mol. The van der Waals surface area contributed by atoms with Crippen LogP contribution in [0.2, 0.25) is 0 Å². The third-order valence-corrected chi connectivity index (χ3v) is 6.47. The van der Waals surface area contributed by atoms with E-state index in [9.17, 15) is 8.42 Å². The molecule has 20 heavy (non-hydrogen) atoms. The molecule has 0 aromatic heterocycles. The lowest BCUT2D eigenvalue weighted by atomic mass is 10.0. The van der Waals surface area contributed by atoms with Crippen molar-refractivity contribution < 1.29 is 8.42 Å². The monoisotopic (exact) mass is 294 g/mol. The van der Waals surface area contributed by atoms with Crippen LogP contribution in [0.25, 0.3) is 0 Å². The van der Waals surface area contributed by atoms with E-state index in [0.29, 0.717) is 13.1 Å². The van der Waals surface area contributed by atoms with E-state index in [1.165, 1.54) is 0 Å². The van der Waals surface area contributed by atoms with Crippen molar-refractivity contribution in [2.75, 3.05) is 17.4 Å². The highest BCUT2D eigenvalue weighted by molar-refractivity contribution is 7.90. The molecule has 1 atom stereocenters. The lowest BCUT2D eigenvalue weighted by Crippen LogP contribution is -2.50. The highest BCUT2D eigenvalue weighted by Gasteiger charge is 2.38. The van der Waals surface area contributed by atoms with Crippen LogP contribution in [0.4, 0.5) is 5.69 Å². The maximum atomic E-state index is 13.0. The van der Waals surface area contributed by atoms with Crippen LogP contribution < -0.4 is 4.31 Å². The minimum absolute atomic E-state index is 0.168. The molecule has 1 unspecified atom stereocenters.